The van der Waals surface area contributed by atoms with Crippen molar-refractivity contribution in [3.05, 3.63) is 76.5 Å². The summed E-state index contributed by atoms with van der Waals surface area (Å²) < 4.78 is 28.1. The Balaban J connectivity index is 1.78. The fourth-order valence-corrected chi connectivity index (χ4v) is 4.93. The molecule has 176 valence electrons. The molecule has 0 saturated carbocycles. The molecule has 0 bridgehead atoms. The number of aliphatic hydroxyl groups excluding tert-OH is 1. The normalized spacial score (nSPS) is 14.4. The third kappa shape index (κ3) is 5.76. The molecule has 0 saturated heterocycles. The second-order valence-corrected chi connectivity index (χ2v) is 10.9. The zero-order valence-electron chi connectivity index (χ0n) is 19.2. The van der Waals surface area contributed by atoms with E-state index in [1.165, 1.54) is 12.1 Å². The maximum Gasteiger partial charge on any atom is 0.241 e. The molecule has 0 spiro atoms. The molecule has 3 aromatic rings. The first-order chi connectivity index (χ1) is 15.4. The summed E-state index contributed by atoms with van der Waals surface area (Å²) in [6.45, 7) is 6.98. The summed E-state index contributed by atoms with van der Waals surface area (Å²) in [6.07, 6.45) is -0.976. The first-order valence-corrected chi connectivity index (χ1v) is 12.3. The average molecular weight is 471 g/mol. The van der Waals surface area contributed by atoms with Crippen molar-refractivity contribution in [1.29, 1.82) is 0 Å². The molecule has 3 aromatic carbocycles. The van der Waals surface area contributed by atoms with Gasteiger partial charge in [0.05, 0.1) is 10.4 Å². The topological polar surface area (TPSA) is 113 Å². The van der Waals surface area contributed by atoms with Gasteiger partial charge in [0.1, 0.15) is 12.1 Å². The highest BCUT2D eigenvalue weighted by Crippen LogP contribution is 2.35. The zero-order chi connectivity index (χ0) is 24.4. The second-order valence-electron chi connectivity index (χ2n) is 9.21. The van der Waals surface area contributed by atoms with Crippen LogP contribution in [0.15, 0.2) is 70.4 Å². The lowest BCUT2D eigenvalue weighted by Gasteiger charge is -2.32. The average Bonchev–Trinajstić information content (AvgIpc) is 3.43. The summed E-state index contributed by atoms with van der Waals surface area (Å²) in [6, 6.07) is 15.8. The number of aliphatic hydroxyl groups is 1. The van der Waals surface area contributed by atoms with Gasteiger partial charge in [-0.1, -0.05) is 62.4 Å². The zero-order valence-corrected chi connectivity index (χ0v) is 20.0. The fraction of sp³-hybridized carbons (Fsp3) is 0.360. The third-order valence-corrected chi connectivity index (χ3v) is 7.01. The number of nitrogens with one attached hydrogen (secondary N) is 2. The van der Waals surface area contributed by atoms with Crippen LogP contribution in [0, 0.1) is 5.92 Å². The molecular formula is C25H30N2O5S. The van der Waals surface area contributed by atoms with E-state index in [4.69, 9.17) is 0 Å². The summed E-state index contributed by atoms with van der Waals surface area (Å²) >= 11 is 0. The van der Waals surface area contributed by atoms with Crippen LogP contribution in [-0.4, -0.2) is 31.0 Å². The molecule has 7 nitrogen and oxygen atoms in total. The maximum absolute atomic E-state index is 13.1. The van der Waals surface area contributed by atoms with Gasteiger partial charge in [-0.2, -0.15) is 4.72 Å². The second kappa shape index (κ2) is 9.59. The molecule has 1 unspecified atom stereocenters. The highest BCUT2D eigenvalue weighted by molar-refractivity contribution is 7.89. The van der Waals surface area contributed by atoms with E-state index >= 15 is 0 Å². The summed E-state index contributed by atoms with van der Waals surface area (Å²) in [7, 11) is -3.92. The minimum Gasteiger partial charge on any atom is -0.386 e. The van der Waals surface area contributed by atoms with Gasteiger partial charge in [0.2, 0.25) is 15.9 Å². The Morgan fingerprint density at radius 3 is 2.09 bits per heavy atom. The van der Waals surface area contributed by atoms with Crippen molar-refractivity contribution in [2.24, 2.45) is 5.92 Å². The van der Waals surface area contributed by atoms with E-state index < -0.39 is 33.6 Å². The summed E-state index contributed by atoms with van der Waals surface area (Å²) in [5.74, 6) is -0.535. The Bertz CT molecular complexity index is 1210. The molecule has 3 N–H and O–H groups in total. The van der Waals surface area contributed by atoms with Crippen molar-refractivity contribution in [2.45, 2.75) is 56.7 Å². The number of hydrogen-bond acceptors (Lipinski definition) is 5. The lowest BCUT2D eigenvalue weighted by atomic mass is 9.93. The lowest BCUT2D eigenvalue weighted by Crippen LogP contribution is -2.55. The number of benzene rings is 2. The van der Waals surface area contributed by atoms with Crippen LogP contribution in [0.1, 0.15) is 45.8 Å². The number of carbonyl (C=O) groups excluding carboxylic acids is 1. The molecule has 2 atom stereocenters. The van der Waals surface area contributed by atoms with E-state index in [0.29, 0.717) is 11.1 Å². The first-order valence-electron chi connectivity index (χ1n) is 10.9. The minimum atomic E-state index is -3.92. The van der Waals surface area contributed by atoms with Crippen molar-refractivity contribution in [2.75, 3.05) is 0 Å². The van der Waals surface area contributed by atoms with Gasteiger partial charge in [-0.15, -0.1) is 0 Å². The Kier molecular flexibility index (Phi) is 7.21. The Morgan fingerprint density at radius 1 is 1.00 bits per heavy atom. The van der Waals surface area contributed by atoms with E-state index in [9.17, 15) is 23.1 Å². The largest absolute Gasteiger partial charge is 0.386 e. The van der Waals surface area contributed by atoms with Gasteiger partial charge < -0.3 is 10.4 Å². The minimum absolute atomic E-state index is 0.0321. The van der Waals surface area contributed by atoms with Crippen molar-refractivity contribution < 1.29 is 18.3 Å². The summed E-state index contributed by atoms with van der Waals surface area (Å²) in [4.78, 5) is 25.6. The van der Waals surface area contributed by atoms with E-state index in [1.807, 2.05) is 19.9 Å². The van der Waals surface area contributed by atoms with Crippen molar-refractivity contribution in [3.8, 4) is 11.1 Å². The van der Waals surface area contributed by atoms with Gasteiger partial charge in [-0.05, 0) is 43.9 Å². The summed E-state index contributed by atoms with van der Waals surface area (Å²) in [5, 5.41) is 13.7. The molecule has 8 heteroatoms. The molecule has 0 aliphatic heterocycles. The van der Waals surface area contributed by atoms with Crippen LogP contribution in [0.3, 0.4) is 0 Å². The van der Waals surface area contributed by atoms with Crippen LogP contribution < -0.4 is 15.5 Å². The molecule has 3 rings (SSSR count). The number of hydrogen-bond donors (Lipinski definition) is 3. The van der Waals surface area contributed by atoms with Crippen molar-refractivity contribution >= 4 is 15.9 Å². The molecule has 0 fully saturated rings. The number of sulfonamides is 1. The molecule has 33 heavy (non-hydrogen) atoms. The molecule has 0 aliphatic rings. The van der Waals surface area contributed by atoms with Gasteiger partial charge in [-0.25, -0.2) is 8.42 Å². The van der Waals surface area contributed by atoms with Crippen molar-refractivity contribution in [3.63, 3.8) is 0 Å². The summed E-state index contributed by atoms with van der Waals surface area (Å²) in [5.41, 5.74) is -0.0105. The highest BCUT2D eigenvalue weighted by Gasteiger charge is 2.41. The molecule has 0 aliphatic carbocycles. The Hall–Kier alpha value is -2.81. The van der Waals surface area contributed by atoms with Gasteiger partial charge in [0, 0.05) is 11.1 Å². The molecule has 1 amide bonds. The van der Waals surface area contributed by atoms with Crippen LogP contribution >= 0.6 is 0 Å². The smallest absolute Gasteiger partial charge is 0.241 e. The first kappa shape index (κ1) is 24.8. The molecular weight excluding hydrogens is 440 g/mol. The highest BCUT2D eigenvalue weighted by atomic mass is 32.2. The third-order valence-electron chi connectivity index (χ3n) is 5.52. The predicted molar refractivity (Wildman–Crippen MR) is 128 cm³/mol. The lowest BCUT2D eigenvalue weighted by molar-refractivity contribution is -0.126. The van der Waals surface area contributed by atoms with Crippen LogP contribution in [0.2, 0.25) is 0 Å². The number of carbonyl (C=O) groups is 1. The van der Waals surface area contributed by atoms with Gasteiger partial charge >= 0.3 is 0 Å². The Labute approximate surface area is 194 Å². The molecule has 0 radical (unpaired) electrons. The standard InChI is InChI=1S/C25H30N2O5S/c1-16(2)15-19(27-33(31,32)18-13-9-6-10-14-18)24(30)26-25(3,4)23(29)21-20(22(21)28)17-11-7-5-8-12-17/h5-14,16,19,23,27,29H,15H2,1-4H3,(H,26,30)/t19-,23?/m0/s1. The predicted octanol–water partition coefficient (Wildman–Crippen LogP) is 2.91. The van der Waals surface area contributed by atoms with Gasteiger partial charge in [-0.3, -0.25) is 9.59 Å². The monoisotopic (exact) mass is 470 g/mol. The van der Waals surface area contributed by atoms with E-state index in [-0.39, 0.29) is 28.2 Å². The Morgan fingerprint density at radius 2 is 1.55 bits per heavy atom. The molecule has 0 aromatic heterocycles. The van der Waals surface area contributed by atoms with E-state index in [1.54, 1.807) is 56.3 Å². The van der Waals surface area contributed by atoms with Crippen LogP contribution in [0.5, 0.6) is 0 Å². The van der Waals surface area contributed by atoms with Gasteiger partial charge in [0.15, 0.2) is 5.43 Å². The van der Waals surface area contributed by atoms with Crippen molar-refractivity contribution in [1.82, 2.24) is 10.0 Å². The van der Waals surface area contributed by atoms with E-state index in [2.05, 4.69) is 10.0 Å². The van der Waals surface area contributed by atoms with Crippen LogP contribution in [0.25, 0.3) is 11.1 Å². The molecule has 0 heterocycles. The van der Waals surface area contributed by atoms with Crippen LogP contribution in [-0.2, 0) is 14.8 Å². The van der Waals surface area contributed by atoms with E-state index in [0.717, 1.165) is 0 Å². The maximum atomic E-state index is 13.1. The van der Waals surface area contributed by atoms with Crippen LogP contribution in [0.4, 0.5) is 0 Å². The quantitative estimate of drug-likeness (QED) is 0.422. The SMILES string of the molecule is CC(C)C[C@H](NS(=O)(=O)c1ccccc1)C(=O)NC(C)(C)C(O)c1c(-c2ccccc2)c1=O. The number of amides is 1. The van der Waals surface area contributed by atoms with Gasteiger partial charge in [0.25, 0.3) is 0 Å². The number of rotatable bonds is 10. The fourth-order valence-electron chi connectivity index (χ4n) is 3.71.